The zero-order valence-electron chi connectivity index (χ0n) is 11.0. The van der Waals surface area contributed by atoms with Crippen LogP contribution in [0.3, 0.4) is 0 Å². The van der Waals surface area contributed by atoms with Crippen molar-refractivity contribution in [2.45, 2.75) is 43.5 Å². The summed E-state index contributed by atoms with van der Waals surface area (Å²) < 4.78 is 39.8. The molecule has 1 aliphatic rings. The minimum atomic E-state index is -3.59. The molecule has 0 amide bonds. The molecule has 0 bridgehead atoms. The molecule has 4 nitrogen and oxygen atoms in total. The lowest BCUT2D eigenvalue weighted by molar-refractivity contribution is 0.342. The van der Waals surface area contributed by atoms with Crippen LogP contribution >= 0.6 is 0 Å². The standard InChI is InChI=1S/C13H19FN2O2S/c1-10-5-3-2-4-8-16(10)19(17,18)11-6-7-12(14)13(15)9-11/h6-7,9-10H,2-5,8,15H2,1H3. The topological polar surface area (TPSA) is 63.4 Å². The van der Waals surface area contributed by atoms with Crippen molar-refractivity contribution in [3.63, 3.8) is 0 Å². The van der Waals surface area contributed by atoms with Crippen LogP contribution in [0.4, 0.5) is 10.1 Å². The highest BCUT2D eigenvalue weighted by atomic mass is 32.2. The summed E-state index contributed by atoms with van der Waals surface area (Å²) in [6.07, 6.45) is 3.80. The Morgan fingerprint density at radius 2 is 2.05 bits per heavy atom. The molecule has 1 unspecified atom stereocenters. The molecule has 19 heavy (non-hydrogen) atoms. The third-order valence-corrected chi connectivity index (χ3v) is 5.58. The van der Waals surface area contributed by atoms with Crippen LogP contribution in [0.15, 0.2) is 23.1 Å². The number of benzene rings is 1. The number of anilines is 1. The Hall–Kier alpha value is -1.14. The molecule has 0 aromatic heterocycles. The first kappa shape index (κ1) is 14.3. The van der Waals surface area contributed by atoms with Gasteiger partial charge in [0.15, 0.2) is 0 Å². The van der Waals surface area contributed by atoms with Crippen molar-refractivity contribution in [3.05, 3.63) is 24.0 Å². The molecule has 0 spiro atoms. The van der Waals surface area contributed by atoms with Gasteiger partial charge in [0.2, 0.25) is 10.0 Å². The number of rotatable bonds is 2. The summed E-state index contributed by atoms with van der Waals surface area (Å²) in [5.74, 6) is -0.595. The van der Waals surface area contributed by atoms with Crippen LogP contribution in [-0.4, -0.2) is 25.3 Å². The van der Waals surface area contributed by atoms with Crippen molar-refractivity contribution in [2.24, 2.45) is 0 Å². The van der Waals surface area contributed by atoms with Gasteiger partial charge in [-0.05, 0) is 38.0 Å². The molecule has 1 saturated heterocycles. The normalized spacial score (nSPS) is 22.1. The Morgan fingerprint density at radius 3 is 2.74 bits per heavy atom. The second kappa shape index (κ2) is 5.46. The maximum absolute atomic E-state index is 13.1. The Bertz CT molecular complexity index is 560. The quantitative estimate of drug-likeness (QED) is 0.849. The van der Waals surface area contributed by atoms with E-state index in [0.717, 1.165) is 31.7 Å². The molecule has 6 heteroatoms. The predicted octanol–water partition coefficient (Wildman–Crippen LogP) is 2.36. The van der Waals surface area contributed by atoms with E-state index in [9.17, 15) is 12.8 Å². The fourth-order valence-electron chi connectivity index (χ4n) is 2.42. The van der Waals surface area contributed by atoms with Crippen LogP contribution in [0.1, 0.15) is 32.6 Å². The SMILES string of the molecule is CC1CCCCCN1S(=O)(=O)c1ccc(F)c(N)c1. The van der Waals surface area contributed by atoms with Gasteiger partial charge in [0, 0.05) is 12.6 Å². The third kappa shape index (κ3) is 2.90. The van der Waals surface area contributed by atoms with E-state index in [1.54, 1.807) is 0 Å². The molecule has 2 rings (SSSR count). The molecule has 0 radical (unpaired) electrons. The lowest BCUT2D eigenvalue weighted by Gasteiger charge is -2.26. The van der Waals surface area contributed by atoms with E-state index in [-0.39, 0.29) is 16.6 Å². The first-order valence-corrected chi connectivity index (χ1v) is 7.94. The number of nitrogens with zero attached hydrogens (tertiary/aromatic N) is 1. The highest BCUT2D eigenvalue weighted by Crippen LogP contribution is 2.26. The average Bonchev–Trinajstić information content (AvgIpc) is 2.57. The summed E-state index contributed by atoms with van der Waals surface area (Å²) >= 11 is 0. The van der Waals surface area contributed by atoms with E-state index in [1.165, 1.54) is 16.4 Å². The van der Waals surface area contributed by atoms with Crippen LogP contribution in [0, 0.1) is 5.82 Å². The van der Waals surface area contributed by atoms with Crippen molar-refractivity contribution >= 4 is 15.7 Å². The molecule has 1 atom stereocenters. The van der Waals surface area contributed by atoms with Gasteiger partial charge in [0.05, 0.1) is 10.6 Å². The highest BCUT2D eigenvalue weighted by Gasteiger charge is 2.30. The molecule has 0 aliphatic carbocycles. The smallest absolute Gasteiger partial charge is 0.243 e. The molecule has 2 N–H and O–H groups in total. The van der Waals surface area contributed by atoms with E-state index in [1.807, 2.05) is 6.92 Å². The number of hydrogen-bond acceptors (Lipinski definition) is 3. The van der Waals surface area contributed by atoms with Gasteiger partial charge in [-0.3, -0.25) is 0 Å². The minimum absolute atomic E-state index is 0.0289. The fraction of sp³-hybridized carbons (Fsp3) is 0.538. The monoisotopic (exact) mass is 286 g/mol. The zero-order valence-corrected chi connectivity index (χ0v) is 11.8. The Labute approximate surface area is 113 Å². The molecule has 1 aromatic rings. The first-order valence-electron chi connectivity index (χ1n) is 6.50. The third-order valence-electron chi connectivity index (χ3n) is 3.57. The molecule has 1 aromatic carbocycles. The summed E-state index contributed by atoms with van der Waals surface area (Å²) in [5.41, 5.74) is 5.32. The summed E-state index contributed by atoms with van der Waals surface area (Å²) in [6, 6.07) is 3.55. The van der Waals surface area contributed by atoms with Crippen LogP contribution in [-0.2, 0) is 10.0 Å². The number of halogens is 1. The van der Waals surface area contributed by atoms with Gasteiger partial charge in [-0.25, -0.2) is 12.8 Å². The van der Waals surface area contributed by atoms with Gasteiger partial charge in [0.25, 0.3) is 0 Å². The van der Waals surface area contributed by atoms with Gasteiger partial charge in [-0.2, -0.15) is 4.31 Å². The molecule has 0 saturated carbocycles. The van der Waals surface area contributed by atoms with Crippen LogP contribution in [0.5, 0.6) is 0 Å². The van der Waals surface area contributed by atoms with Gasteiger partial charge < -0.3 is 5.73 Å². The maximum Gasteiger partial charge on any atom is 0.243 e. The Morgan fingerprint density at radius 1 is 1.32 bits per heavy atom. The summed E-state index contributed by atoms with van der Waals surface area (Å²) in [4.78, 5) is 0.0696. The molecular formula is C13H19FN2O2S. The lowest BCUT2D eigenvalue weighted by Crippen LogP contribution is -2.38. The maximum atomic E-state index is 13.1. The van der Waals surface area contributed by atoms with Crippen molar-refractivity contribution in [2.75, 3.05) is 12.3 Å². The summed E-state index contributed by atoms with van der Waals surface area (Å²) in [6.45, 7) is 2.43. The van der Waals surface area contributed by atoms with Crippen LogP contribution < -0.4 is 5.73 Å². The number of sulfonamides is 1. The second-order valence-electron chi connectivity index (χ2n) is 5.00. The molecule has 106 valence electrons. The van der Waals surface area contributed by atoms with Crippen molar-refractivity contribution in [1.82, 2.24) is 4.31 Å². The number of nitrogen functional groups attached to an aromatic ring is 1. The Balaban J connectivity index is 2.37. The van der Waals surface area contributed by atoms with Crippen LogP contribution in [0.2, 0.25) is 0 Å². The summed E-state index contributed by atoms with van der Waals surface area (Å²) in [7, 11) is -3.59. The van der Waals surface area contributed by atoms with E-state index in [0.29, 0.717) is 6.54 Å². The average molecular weight is 286 g/mol. The van der Waals surface area contributed by atoms with Gasteiger partial charge in [0.1, 0.15) is 5.82 Å². The van der Waals surface area contributed by atoms with E-state index >= 15 is 0 Å². The number of hydrogen-bond donors (Lipinski definition) is 1. The Kier molecular flexibility index (Phi) is 4.10. The zero-order chi connectivity index (χ0) is 14.0. The second-order valence-corrected chi connectivity index (χ2v) is 6.89. The first-order chi connectivity index (χ1) is 8.93. The van der Waals surface area contributed by atoms with Crippen molar-refractivity contribution in [3.8, 4) is 0 Å². The van der Waals surface area contributed by atoms with E-state index < -0.39 is 15.8 Å². The van der Waals surface area contributed by atoms with Gasteiger partial charge in [-0.15, -0.1) is 0 Å². The molecular weight excluding hydrogens is 267 g/mol. The van der Waals surface area contributed by atoms with Gasteiger partial charge >= 0.3 is 0 Å². The minimum Gasteiger partial charge on any atom is -0.396 e. The molecule has 1 heterocycles. The van der Waals surface area contributed by atoms with Crippen LogP contribution in [0.25, 0.3) is 0 Å². The fourth-order valence-corrected chi connectivity index (χ4v) is 4.16. The number of nitrogens with two attached hydrogens (primary N) is 1. The van der Waals surface area contributed by atoms with Crippen molar-refractivity contribution < 1.29 is 12.8 Å². The predicted molar refractivity (Wildman–Crippen MR) is 72.6 cm³/mol. The summed E-state index contributed by atoms with van der Waals surface area (Å²) in [5, 5.41) is 0. The molecule has 1 aliphatic heterocycles. The highest BCUT2D eigenvalue weighted by molar-refractivity contribution is 7.89. The van der Waals surface area contributed by atoms with Gasteiger partial charge in [-0.1, -0.05) is 12.8 Å². The van der Waals surface area contributed by atoms with Crippen molar-refractivity contribution in [1.29, 1.82) is 0 Å². The lowest BCUT2D eigenvalue weighted by atomic mass is 10.1. The van der Waals surface area contributed by atoms with E-state index in [4.69, 9.17) is 5.73 Å². The largest absolute Gasteiger partial charge is 0.396 e. The van der Waals surface area contributed by atoms with E-state index in [2.05, 4.69) is 0 Å². The molecule has 1 fully saturated rings.